The van der Waals surface area contributed by atoms with Gasteiger partial charge in [-0.15, -0.1) is 0 Å². The van der Waals surface area contributed by atoms with Crippen molar-refractivity contribution in [3.8, 4) is 11.1 Å². The van der Waals surface area contributed by atoms with Crippen molar-refractivity contribution < 1.29 is 4.74 Å². The number of aromatic nitrogens is 3. The Morgan fingerprint density at radius 3 is 2.62 bits per heavy atom. The summed E-state index contributed by atoms with van der Waals surface area (Å²) >= 11 is 0. The van der Waals surface area contributed by atoms with Gasteiger partial charge in [-0.05, 0) is 93.5 Å². The standard InChI is InChI=1S/C30H33N3O/c1-7-17(2)19(4)28(20(5)34-6)22-15-24(29-26(16-22)32-30(33-29)21-11-12-21)27-18(3)10-13-25-23(27)9-8-14-31-25/h8-10,13-16,21H,7,11-12H2,1-6H3,(H,32,33). The van der Waals surface area contributed by atoms with Crippen LogP contribution in [-0.2, 0) is 4.74 Å². The van der Waals surface area contributed by atoms with Crippen LogP contribution in [0.15, 0.2) is 59.5 Å². The fourth-order valence-electron chi connectivity index (χ4n) is 4.90. The maximum absolute atomic E-state index is 5.80. The lowest BCUT2D eigenvalue weighted by atomic mass is 9.88. The van der Waals surface area contributed by atoms with Gasteiger partial charge in [0.25, 0.3) is 0 Å². The molecule has 0 radical (unpaired) electrons. The van der Waals surface area contributed by atoms with Crippen LogP contribution in [0, 0.1) is 6.92 Å². The van der Waals surface area contributed by atoms with Gasteiger partial charge in [-0.25, -0.2) is 4.98 Å². The fraction of sp³-hybridized carbons (Fsp3) is 0.333. The molecule has 0 amide bonds. The first-order valence-corrected chi connectivity index (χ1v) is 12.2. The summed E-state index contributed by atoms with van der Waals surface area (Å²) in [5.41, 5.74) is 11.6. The lowest BCUT2D eigenvalue weighted by Crippen LogP contribution is -1.98. The van der Waals surface area contributed by atoms with E-state index in [1.165, 1.54) is 35.1 Å². The van der Waals surface area contributed by atoms with Crippen LogP contribution in [0.1, 0.15) is 69.8 Å². The van der Waals surface area contributed by atoms with Crippen LogP contribution in [0.5, 0.6) is 0 Å². The molecular formula is C30H33N3O. The lowest BCUT2D eigenvalue weighted by Gasteiger charge is -2.18. The Bertz CT molecular complexity index is 1470. The van der Waals surface area contributed by atoms with Crippen LogP contribution in [0.3, 0.4) is 0 Å². The molecule has 4 nitrogen and oxygen atoms in total. The Kier molecular flexibility index (Phi) is 5.76. The third kappa shape index (κ3) is 3.81. The normalized spacial score (nSPS) is 15.5. The zero-order chi connectivity index (χ0) is 24.0. The number of hydrogen-bond acceptors (Lipinski definition) is 3. The summed E-state index contributed by atoms with van der Waals surface area (Å²) in [5.74, 6) is 2.59. The highest BCUT2D eigenvalue weighted by Crippen LogP contribution is 2.43. The van der Waals surface area contributed by atoms with Crippen LogP contribution in [-0.4, -0.2) is 22.1 Å². The van der Waals surface area contributed by atoms with Crippen molar-refractivity contribution in [2.45, 2.75) is 59.8 Å². The number of nitrogens with zero attached hydrogens (tertiary/aromatic N) is 2. The van der Waals surface area contributed by atoms with Crippen molar-refractivity contribution in [1.29, 1.82) is 0 Å². The summed E-state index contributed by atoms with van der Waals surface area (Å²) in [5, 5.41) is 1.16. The van der Waals surface area contributed by atoms with E-state index in [9.17, 15) is 0 Å². The topological polar surface area (TPSA) is 50.8 Å². The van der Waals surface area contributed by atoms with Gasteiger partial charge in [0.15, 0.2) is 0 Å². The Hall–Kier alpha value is -3.40. The molecule has 1 N–H and O–H groups in total. The highest BCUT2D eigenvalue weighted by molar-refractivity contribution is 6.05. The summed E-state index contributed by atoms with van der Waals surface area (Å²) in [6.07, 6.45) is 5.29. The van der Waals surface area contributed by atoms with Crippen molar-refractivity contribution in [3.05, 3.63) is 76.5 Å². The van der Waals surface area contributed by atoms with E-state index in [4.69, 9.17) is 9.72 Å². The molecule has 2 aromatic carbocycles. The third-order valence-corrected chi connectivity index (χ3v) is 7.32. The number of aryl methyl sites for hydroxylation is 1. The second kappa shape index (κ2) is 8.75. The predicted octanol–water partition coefficient (Wildman–Crippen LogP) is 8.09. The Morgan fingerprint density at radius 2 is 1.91 bits per heavy atom. The molecule has 0 unspecified atom stereocenters. The average Bonchev–Trinajstić information content (AvgIpc) is 3.61. The van der Waals surface area contributed by atoms with Crippen LogP contribution in [0.25, 0.3) is 38.6 Å². The molecule has 1 aliphatic carbocycles. The number of nitrogens with one attached hydrogen (secondary N) is 1. The van der Waals surface area contributed by atoms with Crippen molar-refractivity contribution in [3.63, 3.8) is 0 Å². The van der Waals surface area contributed by atoms with Gasteiger partial charge in [0.2, 0.25) is 0 Å². The van der Waals surface area contributed by atoms with Crippen molar-refractivity contribution in [2.75, 3.05) is 7.11 Å². The van der Waals surface area contributed by atoms with E-state index in [1.54, 1.807) is 7.11 Å². The van der Waals surface area contributed by atoms with Crippen molar-refractivity contribution in [2.24, 2.45) is 0 Å². The van der Waals surface area contributed by atoms with E-state index in [0.29, 0.717) is 5.92 Å². The van der Waals surface area contributed by atoms with E-state index in [0.717, 1.165) is 56.6 Å². The molecule has 174 valence electrons. The number of allylic oxidation sites excluding steroid dienone is 4. The van der Waals surface area contributed by atoms with Gasteiger partial charge in [-0.3, -0.25) is 4.98 Å². The minimum Gasteiger partial charge on any atom is -0.501 e. The summed E-state index contributed by atoms with van der Waals surface area (Å²) in [6, 6.07) is 13.0. The van der Waals surface area contributed by atoms with Gasteiger partial charge in [0, 0.05) is 28.6 Å². The maximum atomic E-state index is 5.80. The second-order valence-electron chi connectivity index (χ2n) is 9.54. The Labute approximate surface area is 201 Å². The largest absolute Gasteiger partial charge is 0.501 e. The zero-order valence-corrected chi connectivity index (χ0v) is 21.0. The van der Waals surface area contributed by atoms with E-state index < -0.39 is 0 Å². The first kappa shape index (κ1) is 22.4. The van der Waals surface area contributed by atoms with Gasteiger partial charge in [-0.2, -0.15) is 0 Å². The minimum absolute atomic E-state index is 0.554. The second-order valence-corrected chi connectivity index (χ2v) is 9.54. The molecule has 1 fully saturated rings. The van der Waals surface area contributed by atoms with Crippen LogP contribution >= 0.6 is 0 Å². The van der Waals surface area contributed by atoms with E-state index in [1.807, 2.05) is 12.3 Å². The molecule has 4 aromatic rings. The molecule has 0 atom stereocenters. The number of pyridine rings is 1. The molecular weight excluding hydrogens is 418 g/mol. The maximum Gasteiger partial charge on any atom is 0.110 e. The molecule has 5 rings (SSSR count). The number of fused-ring (bicyclic) bond motifs is 2. The molecule has 34 heavy (non-hydrogen) atoms. The number of methoxy groups -OCH3 is 1. The molecule has 0 aliphatic heterocycles. The van der Waals surface area contributed by atoms with Crippen LogP contribution in [0.2, 0.25) is 0 Å². The number of imidazole rings is 1. The highest BCUT2D eigenvalue weighted by Gasteiger charge is 2.28. The van der Waals surface area contributed by atoms with E-state index in [2.05, 4.69) is 74.9 Å². The monoisotopic (exact) mass is 451 g/mol. The lowest BCUT2D eigenvalue weighted by molar-refractivity contribution is 0.296. The SMILES string of the molecule is CCC(C)=C(C)C(=C(C)OC)c1cc(-c2c(C)ccc3ncccc23)c2nc(C3CC3)[nH]c2c1. The summed E-state index contributed by atoms with van der Waals surface area (Å²) < 4.78 is 5.80. The summed E-state index contributed by atoms with van der Waals surface area (Å²) in [4.78, 5) is 13.4. The van der Waals surface area contributed by atoms with Gasteiger partial charge < -0.3 is 9.72 Å². The number of benzene rings is 2. The van der Waals surface area contributed by atoms with Crippen LogP contribution in [0.4, 0.5) is 0 Å². The molecule has 0 spiro atoms. The minimum atomic E-state index is 0.554. The molecule has 0 saturated heterocycles. The summed E-state index contributed by atoms with van der Waals surface area (Å²) in [6.45, 7) is 10.9. The number of H-pyrrole nitrogens is 1. The molecule has 2 aromatic heterocycles. The predicted molar refractivity (Wildman–Crippen MR) is 142 cm³/mol. The molecule has 4 heteroatoms. The highest BCUT2D eigenvalue weighted by atomic mass is 16.5. The molecule has 2 heterocycles. The number of rotatable bonds is 6. The van der Waals surface area contributed by atoms with Crippen molar-refractivity contribution >= 4 is 27.5 Å². The van der Waals surface area contributed by atoms with Crippen molar-refractivity contribution in [1.82, 2.24) is 15.0 Å². The van der Waals surface area contributed by atoms with Gasteiger partial charge in [0.1, 0.15) is 11.6 Å². The summed E-state index contributed by atoms with van der Waals surface area (Å²) in [7, 11) is 1.76. The number of hydrogen-bond donors (Lipinski definition) is 1. The molecule has 0 bridgehead atoms. The fourth-order valence-corrected chi connectivity index (χ4v) is 4.90. The van der Waals surface area contributed by atoms with Gasteiger partial charge in [-0.1, -0.05) is 24.6 Å². The van der Waals surface area contributed by atoms with Gasteiger partial charge in [0.05, 0.1) is 23.7 Å². The Morgan fingerprint density at radius 1 is 1.12 bits per heavy atom. The van der Waals surface area contributed by atoms with Gasteiger partial charge >= 0.3 is 0 Å². The van der Waals surface area contributed by atoms with Crippen LogP contribution < -0.4 is 0 Å². The number of aromatic amines is 1. The third-order valence-electron chi connectivity index (χ3n) is 7.32. The van der Waals surface area contributed by atoms with E-state index >= 15 is 0 Å². The zero-order valence-electron chi connectivity index (χ0n) is 21.0. The average molecular weight is 452 g/mol. The first-order valence-electron chi connectivity index (χ1n) is 12.2. The number of ether oxygens (including phenoxy) is 1. The Balaban J connectivity index is 1.87. The first-order chi connectivity index (χ1) is 16.4. The smallest absolute Gasteiger partial charge is 0.110 e. The molecule has 1 saturated carbocycles. The molecule has 1 aliphatic rings. The van der Waals surface area contributed by atoms with E-state index in [-0.39, 0.29) is 0 Å². The quantitative estimate of drug-likeness (QED) is 0.238.